The predicted molar refractivity (Wildman–Crippen MR) is 72.8 cm³/mol. The van der Waals surface area contributed by atoms with Crippen LogP contribution in [0, 0.1) is 12.3 Å². The van der Waals surface area contributed by atoms with E-state index in [1.165, 1.54) is 10.5 Å². The molecule has 0 amide bonds. The highest BCUT2D eigenvalue weighted by Crippen LogP contribution is 2.27. The second-order valence-corrected chi connectivity index (χ2v) is 5.00. The molecule has 0 aliphatic rings. The van der Waals surface area contributed by atoms with Crippen molar-refractivity contribution in [1.29, 1.82) is 5.41 Å². The Morgan fingerprint density at radius 2 is 1.41 bits per heavy atom. The predicted octanol–water partition coefficient (Wildman–Crippen LogP) is 3.43. The molecule has 2 nitrogen and oxygen atoms in total. The van der Waals surface area contributed by atoms with Crippen molar-refractivity contribution in [3.63, 3.8) is 0 Å². The number of nitrogens with two attached hydrogens (primary N) is 1. The molecule has 0 fully saturated rings. The third kappa shape index (κ3) is 3.11. The lowest BCUT2D eigenvalue weighted by Crippen LogP contribution is -2.10. The molecule has 0 bridgehead atoms. The van der Waals surface area contributed by atoms with Crippen LogP contribution in [0.5, 0.6) is 0 Å². The molecular formula is C14H14N2S. The number of nitrogens with one attached hydrogen (secondary N) is 1. The van der Waals surface area contributed by atoms with Crippen LogP contribution in [-0.2, 0) is 0 Å². The topological polar surface area (TPSA) is 49.9 Å². The first-order valence-electron chi connectivity index (χ1n) is 5.34. The van der Waals surface area contributed by atoms with Gasteiger partial charge in [0.05, 0.1) is 0 Å². The third-order valence-corrected chi connectivity index (χ3v) is 3.44. The molecule has 0 saturated carbocycles. The average Bonchev–Trinajstić information content (AvgIpc) is 2.33. The van der Waals surface area contributed by atoms with E-state index in [4.69, 9.17) is 11.1 Å². The number of rotatable bonds is 3. The van der Waals surface area contributed by atoms with Gasteiger partial charge in [-0.3, -0.25) is 5.41 Å². The van der Waals surface area contributed by atoms with Crippen molar-refractivity contribution < 1.29 is 0 Å². The Bertz CT molecular complexity index is 515. The Morgan fingerprint density at radius 3 is 1.88 bits per heavy atom. The summed E-state index contributed by atoms with van der Waals surface area (Å²) in [5, 5.41) is 7.32. The smallest absolute Gasteiger partial charge is 0.122 e. The van der Waals surface area contributed by atoms with E-state index in [-0.39, 0.29) is 5.84 Å². The van der Waals surface area contributed by atoms with E-state index in [9.17, 15) is 0 Å². The first kappa shape index (κ1) is 11.7. The normalized spacial score (nSPS) is 10.2. The lowest BCUT2D eigenvalue weighted by Gasteiger charge is -2.03. The molecule has 0 aliphatic heterocycles. The van der Waals surface area contributed by atoms with E-state index < -0.39 is 0 Å². The van der Waals surface area contributed by atoms with Crippen molar-refractivity contribution in [2.75, 3.05) is 0 Å². The minimum atomic E-state index is 0.108. The number of hydrogen-bond donors (Lipinski definition) is 2. The maximum atomic E-state index is 7.32. The summed E-state index contributed by atoms with van der Waals surface area (Å²) in [7, 11) is 0. The lowest BCUT2D eigenvalue weighted by atomic mass is 10.2. The van der Waals surface area contributed by atoms with Gasteiger partial charge in [-0.15, -0.1) is 0 Å². The van der Waals surface area contributed by atoms with Crippen molar-refractivity contribution >= 4 is 17.6 Å². The van der Waals surface area contributed by atoms with E-state index in [1.54, 1.807) is 11.8 Å². The molecule has 3 N–H and O–H groups in total. The van der Waals surface area contributed by atoms with Gasteiger partial charge in [0, 0.05) is 15.4 Å². The quantitative estimate of drug-likeness (QED) is 0.640. The molecule has 3 heteroatoms. The van der Waals surface area contributed by atoms with Crippen LogP contribution in [0.25, 0.3) is 0 Å². The highest BCUT2D eigenvalue weighted by molar-refractivity contribution is 7.99. The van der Waals surface area contributed by atoms with Crippen molar-refractivity contribution in [3.8, 4) is 0 Å². The highest BCUT2D eigenvalue weighted by atomic mass is 32.2. The molecule has 0 unspecified atom stereocenters. The summed E-state index contributed by atoms with van der Waals surface area (Å²) in [4.78, 5) is 2.37. The molecule has 0 heterocycles. The molecule has 2 rings (SSSR count). The molecule has 2 aromatic carbocycles. The summed E-state index contributed by atoms with van der Waals surface area (Å²) >= 11 is 1.71. The molecule has 0 aromatic heterocycles. The van der Waals surface area contributed by atoms with Crippen LogP contribution in [0.4, 0.5) is 0 Å². The molecule has 0 aliphatic carbocycles. The van der Waals surface area contributed by atoms with E-state index in [1.807, 2.05) is 24.3 Å². The summed E-state index contributed by atoms with van der Waals surface area (Å²) in [5.41, 5.74) is 7.44. The standard InChI is InChI=1S/C14H14N2S/c1-10-2-6-12(7-3-10)17-13-8-4-11(5-9-13)14(15)16/h2-9H,1H3,(H3,15,16). The molecule has 0 atom stereocenters. The summed E-state index contributed by atoms with van der Waals surface area (Å²) in [6.07, 6.45) is 0. The monoisotopic (exact) mass is 242 g/mol. The van der Waals surface area contributed by atoms with Crippen LogP contribution in [0.15, 0.2) is 58.3 Å². The molecule has 86 valence electrons. The first-order chi connectivity index (χ1) is 8.15. The van der Waals surface area contributed by atoms with Gasteiger partial charge in [-0.25, -0.2) is 0 Å². The van der Waals surface area contributed by atoms with Crippen molar-refractivity contribution in [2.45, 2.75) is 16.7 Å². The zero-order valence-electron chi connectivity index (χ0n) is 9.60. The van der Waals surface area contributed by atoms with Gasteiger partial charge in [0.2, 0.25) is 0 Å². The van der Waals surface area contributed by atoms with Gasteiger partial charge < -0.3 is 5.73 Å². The number of amidine groups is 1. The maximum Gasteiger partial charge on any atom is 0.122 e. The summed E-state index contributed by atoms with van der Waals surface area (Å²) in [6, 6.07) is 16.1. The minimum absolute atomic E-state index is 0.108. The van der Waals surface area contributed by atoms with E-state index in [2.05, 4.69) is 31.2 Å². The average molecular weight is 242 g/mol. The fourth-order valence-electron chi connectivity index (χ4n) is 1.44. The molecule has 0 saturated heterocycles. The van der Waals surface area contributed by atoms with Gasteiger partial charge in [0.1, 0.15) is 5.84 Å². The van der Waals surface area contributed by atoms with Crippen LogP contribution in [0.3, 0.4) is 0 Å². The number of aryl methyl sites for hydroxylation is 1. The molecule has 17 heavy (non-hydrogen) atoms. The van der Waals surface area contributed by atoms with E-state index in [0.717, 1.165) is 10.5 Å². The van der Waals surface area contributed by atoms with E-state index in [0.29, 0.717) is 0 Å². The number of nitrogen functional groups attached to an aromatic ring is 1. The van der Waals surface area contributed by atoms with Crippen molar-refractivity contribution in [2.24, 2.45) is 5.73 Å². The third-order valence-electron chi connectivity index (χ3n) is 2.42. The van der Waals surface area contributed by atoms with Gasteiger partial charge in [0.15, 0.2) is 0 Å². The van der Waals surface area contributed by atoms with Crippen LogP contribution in [-0.4, -0.2) is 5.84 Å². The highest BCUT2D eigenvalue weighted by Gasteiger charge is 1.99. The summed E-state index contributed by atoms with van der Waals surface area (Å²) < 4.78 is 0. The summed E-state index contributed by atoms with van der Waals surface area (Å²) in [5.74, 6) is 0.108. The number of hydrogen-bond acceptors (Lipinski definition) is 2. The van der Waals surface area contributed by atoms with Crippen LogP contribution >= 0.6 is 11.8 Å². The minimum Gasteiger partial charge on any atom is -0.384 e. The zero-order valence-corrected chi connectivity index (χ0v) is 10.4. The Balaban J connectivity index is 2.13. The molecule has 0 spiro atoms. The number of benzene rings is 2. The van der Waals surface area contributed by atoms with Gasteiger partial charge in [-0.2, -0.15) is 0 Å². The largest absolute Gasteiger partial charge is 0.384 e. The first-order valence-corrected chi connectivity index (χ1v) is 6.16. The SMILES string of the molecule is Cc1ccc(Sc2ccc(C(=N)N)cc2)cc1. The van der Waals surface area contributed by atoms with Gasteiger partial charge in [-0.1, -0.05) is 41.6 Å². The van der Waals surface area contributed by atoms with Crippen LogP contribution in [0.2, 0.25) is 0 Å². The van der Waals surface area contributed by atoms with Crippen LogP contribution < -0.4 is 5.73 Å². The second kappa shape index (κ2) is 5.06. The van der Waals surface area contributed by atoms with Crippen molar-refractivity contribution in [1.82, 2.24) is 0 Å². The van der Waals surface area contributed by atoms with E-state index >= 15 is 0 Å². The Labute approximate surface area is 105 Å². The molecule has 2 aromatic rings. The summed E-state index contributed by atoms with van der Waals surface area (Å²) in [6.45, 7) is 2.08. The Hall–Kier alpha value is -1.74. The Morgan fingerprint density at radius 1 is 0.941 bits per heavy atom. The van der Waals surface area contributed by atoms with Gasteiger partial charge in [0.25, 0.3) is 0 Å². The van der Waals surface area contributed by atoms with Gasteiger partial charge >= 0.3 is 0 Å². The maximum absolute atomic E-state index is 7.32. The fourth-order valence-corrected chi connectivity index (χ4v) is 2.26. The molecular weight excluding hydrogens is 228 g/mol. The molecule has 0 radical (unpaired) electrons. The Kier molecular flexibility index (Phi) is 3.49. The second-order valence-electron chi connectivity index (χ2n) is 3.85. The van der Waals surface area contributed by atoms with Crippen LogP contribution in [0.1, 0.15) is 11.1 Å². The van der Waals surface area contributed by atoms with Gasteiger partial charge in [-0.05, 0) is 31.2 Å². The zero-order chi connectivity index (χ0) is 12.3. The van der Waals surface area contributed by atoms with Crippen molar-refractivity contribution in [3.05, 3.63) is 59.7 Å². The fraction of sp³-hybridized carbons (Fsp3) is 0.0714. The lowest BCUT2D eigenvalue weighted by molar-refractivity contribution is 1.35.